The van der Waals surface area contributed by atoms with Crippen molar-refractivity contribution in [3.63, 3.8) is 0 Å². The van der Waals surface area contributed by atoms with Crippen LogP contribution < -0.4 is 0 Å². The summed E-state index contributed by atoms with van der Waals surface area (Å²) in [5, 5.41) is 0. The Balaban J connectivity index is 1.84. The summed E-state index contributed by atoms with van der Waals surface area (Å²) in [6.07, 6.45) is 3.84. The van der Waals surface area contributed by atoms with Gasteiger partial charge in [0.2, 0.25) is 0 Å². The fourth-order valence-corrected chi connectivity index (χ4v) is 2.92. The molecule has 1 atom stereocenters. The maximum Gasteiger partial charge on any atom is 0.0957 e. The van der Waals surface area contributed by atoms with Crippen molar-refractivity contribution in [2.75, 3.05) is 13.1 Å². The molecule has 3 rings (SSSR count). The topological polar surface area (TPSA) is 21.1 Å². The Morgan fingerprint density at radius 3 is 2.57 bits per heavy atom. The molecule has 0 aliphatic carbocycles. The van der Waals surface area contributed by atoms with E-state index in [4.69, 9.17) is 0 Å². The van der Waals surface area contributed by atoms with Gasteiger partial charge in [-0.3, -0.25) is 0 Å². The quantitative estimate of drug-likeness (QED) is 0.851. The van der Waals surface area contributed by atoms with E-state index in [0.717, 1.165) is 30.4 Å². The number of nitrogens with zero attached hydrogens (tertiary/aromatic N) is 3. The fourth-order valence-electron chi connectivity index (χ4n) is 2.92. The van der Waals surface area contributed by atoms with Gasteiger partial charge in [-0.2, -0.15) is 0 Å². The van der Waals surface area contributed by atoms with Crippen LogP contribution in [0, 0.1) is 12.8 Å². The lowest BCUT2D eigenvalue weighted by atomic mass is 10.0. The number of imidazole rings is 1. The third kappa shape index (κ3) is 2.60. The highest BCUT2D eigenvalue weighted by Crippen LogP contribution is 2.29. The summed E-state index contributed by atoms with van der Waals surface area (Å²) in [4.78, 5) is 6.68. The predicted octanol–water partition coefficient (Wildman–Crippen LogP) is 3.72. The lowest BCUT2D eigenvalue weighted by Crippen LogP contribution is -2.43. The molecule has 0 spiro atoms. The number of hydrogen-bond donors (Lipinski definition) is 0. The maximum atomic E-state index is 4.34. The van der Waals surface area contributed by atoms with E-state index in [2.05, 4.69) is 66.1 Å². The minimum atomic E-state index is 0.263. The SMILES string of the molecule is C=C(c1cncn1C(C)c1ccc(C)cc1)N1CC(C)C1. The van der Waals surface area contributed by atoms with Gasteiger partial charge in [0.1, 0.15) is 0 Å². The fraction of sp³-hybridized carbons (Fsp3) is 0.389. The molecule has 1 aliphatic heterocycles. The molecule has 1 aromatic heterocycles. The van der Waals surface area contributed by atoms with Gasteiger partial charge in [0.25, 0.3) is 0 Å². The minimum Gasteiger partial charge on any atom is -0.370 e. The standard InChI is InChI=1S/C18H23N3/c1-13-5-7-17(8-6-13)15(3)21-12-19-9-18(21)16(4)20-10-14(2)11-20/h5-9,12,14-15H,4,10-11H2,1-3H3. The second-order valence-electron chi connectivity index (χ2n) is 6.23. The van der Waals surface area contributed by atoms with Crippen molar-refractivity contribution < 1.29 is 0 Å². The van der Waals surface area contributed by atoms with Crippen LogP contribution in [0.3, 0.4) is 0 Å². The Kier molecular flexibility index (Phi) is 3.58. The molecule has 2 heterocycles. The van der Waals surface area contributed by atoms with Crippen molar-refractivity contribution in [1.29, 1.82) is 0 Å². The van der Waals surface area contributed by atoms with Gasteiger partial charge in [-0.15, -0.1) is 0 Å². The molecule has 0 bridgehead atoms. The van der Waals surface area contributed by atoms with Crippen molar-refractivity contribution in [1.82, 2.24) is 14.5 Å². The Morgan fingerprint density at radius 2 is 1.95 bits per heavy atom. The molecule has 3 heteroatoms. The van der Waals surface area contributed by atoms with Gasteiger partial charge in [0, 0.05) is 13.1 Å². The zero-order valence-corrected chi connectivity index (χ0v) is 13.1. The van der Waals surface area contributed by atoms with Crippen molar-refractivity contribution in [2.24, 2.45) is 5.92 Å². The normalized spacial score (nSPS) is 16.6. The van der Waals surface area contributed by atoms with Gasteiger partial charge in [0.15, 0.2) is 0 Å². The van der Waals surface area contributed by atoms with E-state index >= 15 is 0 Å². The Bertz CT molecular complexity index is 633. The summed E-state index contributed by atoms with van der Waals surface area (Å²) in [5.74, 6) is 0.771. The van der Waals surface area contributed by atoms with E-state index in [1.807, 2.05) is 12.5 Å². The number of rotatable bonds is 4. The van der Waals surface area contributed by atoms with Crippen molar-refractivity contribution in [2.45, 2.75) is 26.8 Å². The van der Waals surface area contributed by atoms with Gasteiger partial charge in [-0.25, -0.2) is 4.98 Å². The van der Waals surface area contributed by atoms with Gasteiger partial charge in [-0.1, -0.05) is 43.3 Å². The number of aryl methyl sites for hydroxylation is 1. The number of benzene rings is 1. The first kappa shape index (κ1) is 13.9. The lowest BCUT2D eigenvalue weighted by Gasteiger charge is -2.40. The van der Waals surface area contributed by atoms with Crippen LogP contribution in [0.15, 0.2) is 43.4 Å². The molecule has 0 N–H and O–H groups in total. The smallest absolute Gasteiger partial charge is 0.0957 e. The van der Waals surface area contributed by atoms with Crippen molar-refractivity contribution in [3.05, 3.63) is 60.2 Å². The second-order valence-corrected chi connectivity index (χ2v) is 6.23. The molecular weight excluding hydrogens is 258 g/mol. The summed E-state index contributed by atoms with van der Waals surface area (Å²) in [6.45, 7) is 13.1. The molecule has 1 unspecified atom stereocenters. The molecule has 1 aliphatic rings. The number of hydrogen-bond acceptors (Lipinski definition) is 2. The van der Waals surface area contributed by atoms with Crippen LogP contribution in [0.2, 0.25) is 0 Å². The molecule has 21 heavy (non-hydrogen) atoms. The van der Waals surface area contributed by atoms with E-state index in [-0.39, 0.29) is 6.04 Å². The first-order chi connectivity index (χ1) is 10.1. The van der Waals surface area contributed by atoms with Crippen LogP contribution in [-0.2, 0) is 0 Å². The van der Waals surface area contributed by atoms with Gasteiger partial charge >= 0.3 is 0 Å². The summed E-state index contributed by atoms with van der Waals surface area (Å²) in [6, 6.07) is 8.97. The number of aromatic nitrogens is 2. The molecule has 2 aromatic rings. The molecule has 1 aromatic carbocycles. The van der Waals surface area contributed by atoms with Gasteiger partial charge < -0.3 is 9.47 Å². The largest absolute Gasteiger partial charge is 0.370 e. The highest BCUT2D eigenvalue weighted by molar-refractivity contribution is 5.59. The molecular formula is C18H23N3. The van der Waals surface area contributed by atoms with E-state index in [1.54, 1.807) is 0 Å². The van der Waals surface area contributed by atoms with E-state index in [9.17, 15) is 0 Å². The average molecular weight is 281 g/mol. The third-order valence-electron chi connectivity index (χ3n) is 4.38. The zero-order chi connectivity index (χ0) is 15.0. The van der Waals surface area contributed by atoms with Crippen LogP contribution in [-0.4, -0.2) is 27.5 Å². The molecule has 110 valence electrons. The van der Waals surface area contributed by atoms with Crippen LogP contribution in [0.4, 0.5) is 0 Å². The predicted molar refractivity (Wildman–Crippen MR) is 87.0 cm³/mol. The van der Waals surface area contributed by atoms with E-state index in [0.29, 0.717) is 0 Å². The van der Waals surface area contributed by atoms with Gasteiger partial charge in [0.05, 0.1) is 30.0 Å². The second kappa shape index (κ2) is 5.40. The van der Waals surface area contributed by atoms with Gasteiger partial charge in [-0.05, 0) is 25.3 Å². The van der Waals surface area contributed by atoms with Crippen LogP contribution in [0.25, 0.3) is 5.70 Å². The van der Waals surface area contributed by atoms with Crippen molar-refractivity contribution >= 4 is 5.70 Å². The summed E-state index contributed by atoms with van der Waals surface area (Å²) >= 11 is 0. The highest BCUT2D eigenvalue weighted by Gasteiger charge is 2.26. The summed E-state index contributed by atoms with van der Waals surface area (Å²) < 4.78 is 2.22. The number of likely N-dealkylation sites (tertiary alicyclic amines) is 1. The highest BCUT2D eigenvalue weighted by atomic mass is 15.2. The first-order valence-corrected chi connectivity index (χ1v) is 7.59. The average Bonchev–Trinajstić information content (AvgIpc) is 2.92. The maximum absolute atomic E-state index is 4.34. The zero-order valence-electron chi connectivity index (χ0n) is 13.1. The van der Waals surface area contributed by atoms with E-state index < -0.39 is 0 Å². The molecule has 0 amide bonds. The van der Waals surface area contributed by atoms with Crippen molar-refractivity contribution in [3.8, 4) is 0 Å². The van der Waals surface area contributed by atoms with Crippen LogP contribution >= 0.6 is 0 Å². The minimum absolute atomic E-state index is 0.263. The molecule has 1 saturated heterocycles. The Hall–Kier alpha value is -2.03. The Morgan fingerprint density at radius 1 is 1.29 bits per heavy atom. The van der Waals surface area contributed by atoms with Crippen LogP contribution in [0.5, 0.6) is 0 Å². The first-order valence-electron chi connectivity index (χ1n) is 7.59. The lowest BCUT2D eigenvalue weighted by molar-refractivity contribution is 0.190. The molecule has 1 fully saturated rings. The van der Waals surface area contributed by atoms with E-state index in [1.165, 1.54) is 11.1 Å². The molecule has 0 saturated carbocycles. The van der Waals surface area contributed by atoms with Crippen LogP contribution in [0.1, 0.15) is 36.7 Å². The summed E-state index contributed by atoms with van der Waals surface area (Å²) in [5.41, 5.74) is 4.79. The molecule has 0 radical (unpaired) electrons. The monoisotopic (exact) mass is 281 g/mol. The molecule has 3 nitrogen and oxygen atoms in total. The Labute approximate surface area is 126 Å². The summed E-state index contributed by atoms with van der Waals surface area (Å²) in [7, 11) is 0. The third-order valence-corrected chi connectivity index (χ3v) is 4.38.